The van der Waals surface area contributed by atoms with E-state index in [1.54, 1.807) is 55.1 Å². The van der Waals surface area contributed by atoms with Crippen LogP contribution in [0.1, 0.15) is 92.9 Å². The number of aliphatic hydroxyl groups is 1. The molecule has 4 aromatic carbocycles. The van der Waals surface area contributed by atoms with E-state index in [9.17, 15) is 71.3 Å². The monoisotopic (exact) mass is 1260 g/mol. The summed E-state index contributed by atoms with van der Waals surface area (Å²) in [5.41, 5.74) is 12.6. The van der Waals surface area contributed by atoms with Gasteiger partial charge in [-0.3, -0.25) is 24.0 Å². The smallest absolute Gasteiger partial charge is 0.410 e. The molecule has 0 radical (unpaired) electrons. The van der Waals surface area contributed by atoms with Gasteiger partial charge in [0.25, 0.3) is 0 Å². The molecule has 0 unspecified atom stereocenters. The number of aryl methyl sites for hydroxylation is 1. The van der Waals surface area contributed by atoms with Crippen LogP contribution in [0.2, 0.25) is 0 Å². The number of nitrogens with one attached hydrogen (secondary N) is 6. The molecule has 6 rings (SSSR count). The highest BCUT2D eigenvalue weighted by atomic mass is 19.4. The van der Waals surface area contributed by atoms with Crippen LogP contribution < -0.4 is 53.7 Å². The van der Waals surface area contributed by atoms with Crippen molar-refractivity contribution in [2.75, 3.05) is 54.8 Å². The SMILES string of the molecule is CC[C@H](NC(=O)OCc1ccccc1)C(=O)N[C@@H](CCCNC(N)=O)C(=O)Nc1ccc(CO)cc1.CCn1c(C(=O)O)cc(=O)c2cc(F)c(N3CCN(C(=O)OCc4ccc(NC(=O)[C@H](CCCNC(N)=O)CC(=O)[C@@H](C)CC(F)(F)F)cc4)CC3)cc21. The number of aromatic nitrogens is 1. The molecule has 0 aliphatic carbocycles. The first-order chi connectivity index (χ1) is 42.8. The summed E-state index contributed by atoms with van der Waals surface area (Å²) in [6.07, 6.45) is -6.43. The lowest BCUT2D eigenvalue weighted by molar-refractivity contribution is -0.152. The quantitative estimate of drug-likeness (QED) is 0.0186. The second-order valence-electron chi connectivity index (χ2n) is 21.0. The molecule has 29 heteroatoms. The molecular formula is C61H75F4N11O14. The van der Waals surface area contributed by atoms with E-state index >= 15 is 4.39 Å². The number of aliphatic hydroxyl groups excluding tert-OH is 1. The molecule has 25 nitrogen and oxygen atoms in total. The molecule has 1 aliphatic rings. The third-order valence-electron chi connectivity index (χ3n) is 14.3. The lowest BCUT2D eigenvalue weighted by Gasteiger charge is -2.35. The first-order valence-electron chi connectivity index (χ1n) is 28.9. The molecule has 90 heavy (non-hydrogen) atoms. The van der Waals surface area contributed by atoms with Crippen molar-refractivity contribution in [2.24, 2.45) is 23.3 Å². The predicted octanol–water partition coefficient (Wildman–Crippen LogP) is 6.62. The van der Waals surface area contributed by atoms with Gasteiger partial charge in [0, 0.05) is 86.9 Å². The number of amides is 9. The van der Waals surface area contributed by atoms with Gasteiger partial charge in [-0.25, -0.2) is 28.4 Å². The number of ether oxygens (including phenoxy) is 2. The molecule has 2 heterocycles. The van der Waals surface area contributed by atoms with Crippen molar-refractivity contribution < 1.29 is 80.4 Å². The number of primary amides is 2. The zero-order chi connectivity index (χ0) is 66.1. The van der Waals surface area contributed by atoms with Gasteiger partial charge in [-0.1, -0.05) is 68.4 Å². The number of rotatable bonds is 28. The van der Waals surface area contributed by atoms with Gasteiger partial charge < -0.3 is 77.4 Å². The van der Waals surface area contributed by atoms with E-state index in [-0.39, 0.29) is 114 Å². The number of ketones is 1. The number of hydrogen-bond acceptors (Lipinski definition) is 14. The number of carbonyl (C=O) groups is 9. The molecule has 486 valence electrons. The fraction of sp³-hybridized carbons (Fsp3) is 0.410. The number of anilines is 3. The normalized spacial score (nSPS) is 13.4. The Hall–Kier alpha value is -9.80. The first-order valence-corrected chi connectivity index (χ1v) is 28.9. The Morgan fingerprint density at radius 3 is 1.81 bits per heavy atom. The van der Waals surface area contributed by atoms with Crippen molar-refractivity contribution in [3.05, 3.63) is 135 Å². The Labute approximate surface area is 515 Å². The van der Waals surface area contributed by atoms with E-state index in [0.717, 1.165) is 24.6 Å². The second-order valence-corrected chi connectivity index (χ2v) is 21.0. The molecule has 1 aromatic heterocycles. The Morgan fingerprint density at radius 2 is 1.26 bits per heavy atom. The Balaban J connectivity index is 0.000000355. The third kappa shape index (κ3) is 22.7. The van der Waals surface area contributed by atoms with Crippen LogP contribution in [-0.2, 0) is 55.0 Å². The minimum absolute atomic E-state index is 0.0533. The zero-order valence-electron chi connectivity index (χ0n) is 49.9. The summed E-state index contributed by atoms with van der Waals surface area (Å²) >= 11 is 0. The van der Waals surface area contributed by atoms with E-state index in [0.29, 0.717) is 28.9 Å². The van der Waals surface area contributed by atoms with Crippen LogP contribution in [0.25, 0.3) is 10.9 Å². The van der Waals surface area contributed by atoms with Crippen molar-refractivity contribution in [3.8, 4) is 0 Å². The van der Waals surface area contributed by atoms with Gasteiger partial charge in [0.15, 0.2) is 5.43 Å². The molecule has 12 N–H and O–H groups in total. The summed E-state index contributed by atoms with van der Waals surface area (Å²) < 4.78 is 65.8. The van der Waals surface area contributed by atoms with Gasteiger partial charge in [0.1, 0.15) is 42.6 Å². The van der Waals surface area contributed by atoms with E-state index in [1.807, 2.05) is 30.3 Å². The number of pyridine rings is 1. The van der Waals surface area contributed by atoms with Crippen molar-refractivity contribution in [1.82, 2.24) is 30.7 Å². The summed E-state index contributed by atoms with van der Waals surface area (Å²) in [4.78, 5) is 126. The standard InChI is InChI=1S/C36H42F4N6O8.C25H33N5O6/c1-3-46-27-17-28(26(37)16-25(27)31(48)18-29(46)33(50)51)44-11-13-45(14-12-44)35(53)54-20-22-6-8-24(9-7-22)43-32(49)23(5-4-10-42-34(41)52)15-30(47)21(2)19-36(38,39)40;1-2-20(30-25(35)36-16-18-7-4-3-5-8-18)22(32)29-21(9-6-14-27-24(26)34)23(33)28-19-12-10-17(15-31)11-13-19/h6-9,16-18,21,23H,3-5,10-15,19-20H2,1-2H3,(H,43,49)(H,50,51)(H3,41,42,52);3-5,7-8,10-13,20-21,31H,2,6,9,14-16H2,1H3,(H,28,33)(H,29,32)(H,30,35)(H3,26,27,34)/t21-,23+;20-,21-/m00/s1. The highest BCUT2D eigenvalue weighted by Crippen LogP contribution is 2.29. The number of nitrogens with zero attached hydrogens (tertiary/aromatic N) is 3. The summed E-state index contributed by atoms with van der Waals surface area (Å²) in [6.45, 7) is 5.81. The van der Waals surface area contributed by atoms with Crippen molar-refractivity contribution in [1.29, 1.82) is 0 Å². The van der Waals surface area contributed by atoms with Crippen LogP contribution in [0, 0.1) is 17.7 Å². The maximum absolute atomic E-state index is 15.2. The molecule has 1 aliphatic heterocycles. The summed E-state index contributed by atoms with van der Waals surface area (Å²) in [5.74, 6) is -6.56. The zero-order valence-corrected chi connectivity index (χ0v) is 49.9. The Morgan fingerprint density at radius 1 is 0.689 bits per heavy atom. The van der Waals surface area contributed by atoms with Crippen LogP contribution in [-0.4, -0.2) is 131 Å². The number of benzene rings is 4. The van der Waals surface area contributed by atoms with Crippen LogP contribution in [0.4, 0.5) is 53.8 Å². The first kappa shape index (κ1) is 71.0. The lowest BCUT2D eigenvalue weighted by Crippen LogP contribution is -2.52. The summed E-state index contributed by atoms with van der Waals surface area (Å²) in [6, 6.07) is 22.2. The Bertz CT molecular complexity index is 3350. The number of alkyl carbamates (subject to hydrolysis) is 1. The molecule has 1 fully saturated rings. The summed E-state index contributed by atoms with van der Waals surface area (Å²) in [7, 11) is 0. The van der Waals surface area contributed by atoms with Gasteiger partial charge >= 0.3 is 36.4 Å². The van der Waals surface area contributed by atoms with E-state index < -0.39 is 108 Å². The summed E-state index contributed by atoms with van der Waals surface area (Å²) in [5, 5.41) is 34.2. The number of urea groups is 2. The van der Waals surface area contributed by atoms with E-state index in [4.69, 9.17) is 20.9 Å². The topological polar surface area (TPSA) is 365 Å². The van der Waals surface area contributed by atoms with E-state index in [1.165, 1.54) is 27.7 Å². The van der Waals surface area contributed by atoms with Crippen LogP contribution >= 0.6 is 0 Å². The fourth-order valence-corrected chi connectivity index (χ4v) is 9.47. The molecular weight excluding hydrogens is 1190 g/mol. The highest BCUT2D eigenvalue weighted by Gasteiger charge is 2.35. The number of hydrogen-bond donors (Lipinski definition) is 10. The number of halogens is 4. The van der Waals surface area contributed by atoms with Crippen LogP contribution in [0.5, 0.6) is 0 Å². The largest absolute Gasteiger partial charge is 0.477 e. The number of aromatic carboxylic acids is 1. The maximum atomic E-state index is 15.2. The van der Waals surface area contributed by atoms with Gasteiger partial charge in [0.2, 0.25) is 17.7 Å². The van der Waals surface area contributed by atoms with Crippen molar-refractivity contribution >= 4 is 81.7 Å². The molecule has 1 saturated heterocycles. The van der Waals surface area contributed by atoms with Gasteiger partial charge in [-0.2, -0.15) is 13.2 Å². The number of carbonyl (C=O) groups excluding carboxylic acids is 8. The van der Waals surface area contributed by atoms with Crippen molar-refractivity contribution in [2.45, 2.75) is 110 Å². The van der Waals surface area contributed by atoms with Crippen LogP contribution in [0.3, 0.4) is 0 Å². The van der Waals surface area contributed by atoms with Gasteiger partial charge in [-0.05, 0) is 92.1 Å². The van der Waals surface area contributed by atoms with Gasteiger partial charge in [0.05, 0.1) is 24.2 Å². The van der Waals surface area contributed by atoms with Gasteiger partial charge in [-0.15, -0.1) is 0 Å². The fourth-order valence-electron chi connectivity index (χ4n) is 9.47. The third-order valence-corrected chi connectivity index (χ3v) is 14.3. The second kappa shape index (κ2) is 34.7. The number of piperazine rings is 1. The number of fused-ring (bicyclic) bond motifs is 1. The molecule has 5 aromatic rings. The highest BCUT2D eigenvalue weighted by molar-refractivity contribution is 5.99. The number of nitrogens with two attached hydrogens (primary N) is 2. The number of carboxylic acid groups (broad SMARTS) is 1. The molecule has 4 atom stereocenters. The number of Topliss-reactive ketones (excluding diaryl/α,β-unsaturated/α-hetero) is 1. The molecule has 0 spiro atoms. The minimum Gasteiger partial charge on any atom is -0.477 e. The van der Waals surface area contributed by atoms with Crippen LogP contribution in [0.15, 0.2) is 102 Å². The van der Waals surface area contributed by atoms with E-state index in [2.05, 4.69) is 31.9 Å². The maximum Gasteiger partial charge on any atom is 0.410 e. The average molecular weight is 1260 g/mol. The number of carboxylic acids is 1. The molecule has 0 saturated carbocycles. The lowest BCUT2D eigenvalue weighted by atomic mass is 9.89. The average Bonchev–Trinajstić information content (AvgIpc) is 0.800. The predicted molar refractivity (Wildman–Crippen MR) is 323 cm³/mol. The molecule has 9 amide bonds. The molecule has 0 bridgehead atoms. The Kier molecular flexibility index (Phi) is 27.3. The minimum atomic E-state index is -4.54. The number of alkyl halides is 3. The van der Waals surface area contributed by atoms with Crippen molar-refractivity contribution in [3.63, 3.8) is 0 Å².